The van der Waals surface area contributed by atoms with Crippen LogP contribution in [0, 0.1) is 19.7 Å². The van der Waals surface area contributed by atoms with Gasteiger partial charge in [0.2, 0.25) is 0 Å². The summed E-state index contributed by atoms with van der Waals surface area (Å²) in [6.07, 6.45) is 0. The van der Waals surface area contributed by atoms with Crippen LogP contribution in [-0.2, 0) is 9.53 Å². The van der Waals surface area contributed by atoms with E-state index in [2.05, 4.69) is 31.3 Å². The van der Waals surface area contributed by atoms with Crippen LogP contribution in [-0.4, -0.2) is 42.2 Å². The molecule has 0 aromatic heterocycles. The van der Waals surface area contributed by atoms with Crippen molar-refractivity contribution in [1.29, 1.82) is 0 Å². The maximum atomic E-state index is 13.6. The minimum atomic E-state index is -0.453. The number of hydrogen-bond donors (Lipinski definition) is 1. The number of thiocarbonyl (C=S) groups is 1. The average molecular weight is 440 g/mol. The number of nitrogens with zero attached hydrogens (tertiary/aromatic N) is 2. The van der Waals surface area contributed by atoms with E-state index in [-0.39, 0.29) is 11.7 Å². The Labute approximate surface area is 187 Å². The first-order valence-corrected chi connectivity index (χ1v) is 10.8. The summed E-state index contributed by atoms with van der Waals surface area (Å²) in [5.74, 6) is -0.375. The molecular formula is C24H26FN3O2S. The number of halogens is 1. The summed E-state index contributed by atoms with van der Waals surface area (Å²) in [5, 5.41) is 3.84. The second kappa shape index (κ2) is 8.77. The quantitative estimate of drug-likeness (QED) is 0.732. The van der Waals surface area contributed by atoms with Crippen molar-refractivity contribution in [1.82, 2.24) is 10.2 Å². The first-order chi connectivity index (χ1) is 14.9. The molecule has 0 bridgehead atoms. The molecule has 2 aliphatic rings. The standard InChI is InChI=1S/C24H26FN3O2S/c1-15-4-9-20(14-16(15)2)28-17(3)21(23(29)27-10-12-30-13-11-27)22(26-24(28)31)18-5-7-19(25)8-6-18/h4-9,14,22H,10-13H2,1-3H3,(H,26,31). The fourth-order valence-corrected chi connectivity index (χ4v) is 4.40. The molecule has 162 valence electrons. The Balaban J connectivity index is 1.82. The topological polar surface area (TPSA) is 44.8 Å². The van der Waals surface area contributed by atoms with Crippen molar-refractivity contribution in [3.05, 3.63) is 76.2 Å². The van der Waals surface area contributed by atoms with Gasteiger partial charge in [-0.15, -0.1) is 0 Å². The molecule has 1 saturated heterocycles. The molecule has 0 spiro atoms. The van der Waals surface area contributed by atoms with E-state index >= 15 is 0 Å². The molecule has 2 aromatic rings. The van der Waals surface area contributed by atoms with Crippen LogP contribution in [0.2, 0.25) is 0 Å². The predicted octanol–water partition coefficient (Wildman–Crippen LogP) is 4.01. The Morgan fingerprint density at radius 3 is 2.39 bits per heavy atom. The summed E-state index contributed by atoms with van der Waals surface area (Å²) in [4.78, 5) is 17.4. The van der Waals surface area contributed by atoms with Crippen molar-refractivity contribution in [2.75, 3.05) is 31.2 Å². The fraction of sp³-hybridized carbons (Fsp3) is 0.333. The SMILES string of the molecule is CC1=C(C(=O)N2CCOCC2)C(c2ccc(F)cc2)NC(=S)N1c1ccc(C)c(C)c1. The molecular weight excluding hydrogens is 413 g/mol. The number of nitrogens with one attached hydrogen (secondary N) is 1. The zero-order chi connectivity index (χ0) is 22.1. The number of amides is 1. The highest BCUT2D eigenvalue weighted by molar-refractivity contribution is 7.80. The summed E-state index contributed by atoms with van der Waals surface area (Å²) in [6, 6.07) is 11.9. The van der Waals surface area contributed by atoms with Crippen LogP contribution in [0.4, 0.5) is 10.1 Å². The number of benzene rings is 2. The van der Waals surface area contributed by atoms with Crippen LogP contribution < -0.4 is 10.2 Å². The third-order valence-corrected chi connectivity index (χ3v) is 6.27. The van der Waals surface area contributed by atoms with Gasteiger partial charge in [0.25, 0.3) is 5.91 Å². The van der Waals surface area contributed by atoms with E-state index in [4.69, 9.17) is 17.0 Å². The van der Waals surface area contributed by atoms with E-state index in [1.54, 1.807) is 12.1 Å². The molecule has 31 heavy (non-hydrogen) atoms. The Morgan fingerprint density at radius 1 is 1.06 bits per heavy atom. The number of morpholine rings is 1. The van der Waals surface area contributed by atoms with Crippen LogP contribution in [0.5, 0.6) is 0 Å². The fourth-order valence-electron chi connectivity index (χ4n) is 4.04. The Kier molecular flexibility index (Phi) is 6.07. The molecule has 0 saturated carbocycles. The van der Waals surface area contributed by atoms with Gasteiger partial charge in [0, 0.05) is 24.5 Å². The number of anilines is 1. The lowest BCUT2D eigenvalue weighted by molar-refractivity contribution is -0.131. The van der Waals surface area contributed by atoms with Gasteiger partial charge in [-0.05, 0) is 73.9 Å². The molecule has 0 aliphatic carbocycles. The maximum absolute atomic E-state index is 13.6. The van der Waals surface area contributed by atoms with E-state index in [1.165, 1.54) is 17.7 Å². The van der Waals surface area contributed by atoms with Gasteiger partial charge in [-0.1, -0.05) is 18.2 Å². The molecule has 4 rings (SSSR count). The van der Waals surface area contributed by atoms with Crippen molar-refractivity contribution in [2.24, 2.45) is 0 Å². The average Bonchev–Trinajstić information content (AvgIpc) is 2.76. The van der Waals surface area contributed by atoms with E-state index in [1.807, 2.05) is 22.8 Å². The molecule has 2 aliphatic heterocycles. The highest BCUT2D eigenvalue weighted by Gasteiger charge is 2.36. The van der Waals surface area contributed by atoms with Gasteiger partial charge in [-0.2, -0.15) is 0 Å². The lowest BCUT2D eigenvalue weighted by Gasteiger charge is -2.40. The van der Waals surface area contributed by atoms with Crippen molar-refractivity contribution in [3.8, 4) is 0 Å². The molecule has 1 fully saturated rings. The largest absolute Gasteiger partial charge is 0.378 e. The smallest absolute Gasteiger partial charge is 0.254 e. The van der Waals surface area contributed by atoms with Crippen LogP contribution in [0.25, 0.3) is 0 Å². The molecule has 7 heteroatoms. The molecule has 2 heterocycles. The number of rotatable bonds is 3. The van der Waals surface area contributed by atoms with Gasteiger partial charge >= 0.3 is 0 Å². The lowest BCUT2D eigenvalue weighted by Crippen LogP contribution is -2.51. The van der Waals surface area contributed by atoms with Gasteiger partial charge in [0.15, 0.2) is 5.11 Å². The number of ether oxygens (including phenoxy) is 1. The second-order valence-electron chi connectivity index (χ2n) is 7.94. The van der Waals surface area contributed by atoms with E-state index in [0.29, 0.717) is 37.0 Å². The van der Waals surface area contributed by atoms with Gasteiger partial charge in [-0.25, -0.2) is 4.39 Å². The first kappa shape index (κ1) is 21.5. The molecule has 1 atom stereocenters. The summed E-state index contributed by atoms with van der Waals surface area (Å²) in [7, 11) is 0. The summed E-state index contributed by atoms with van der Waals surface area (Å²) >= 11 is 5.72. The Hall–Kier alpha value is -2.77. The molecule has 1 amide bonds. The lowest BCUT2D eigenvalue weighted by atomic mass is 9.93. The highest BCUT2D eigenvalue weighted by atomic mass is 32.1. The van der Waals surface area contributed by atoms with Gasteiger partial charge < -0.3 is 15.0 Å². The van der Waals surface area contributed by atoms with Gasteiger partial charge in [0.1, 0.15) is 5.82 Å². The van der Waals surface area contributed by atoms with Gasteiger partial charge in [-0.3, -0.25) is 9.69 Å². The Bertz CT molecular complexity index is 1050. The number of allylic oxidation sites excluding steroid dienone is 1. The maximum Gasteiger partial charge on any atom is 0.254 e. The minimum Gasteiger partial charge on any atom is -0.378 e. The van der Waals surface area contributed by atoms with Crippen molar-refractivity contribution < 1.29 is 13.9 Å². The monoisotopic (exact) mass is 439 g/mol. The molecule has 5 nitrogen and oxygen atoms in total. The molecule has 0 radical (unpaired) electrons. The number of carbonyl (C=O) groups excluding carboxylic acids is 1. The molecule has 1 N–H and O–H groups in total. The highest BCUT2D eigenvalue weighted by Crippen LogP contribution is 2.35. The van der Waals surface area contributed by atoms with E-state index in [9.17, 15) is 9.18 Å². The second-order valence-corrected chi connectivity index (χ2v) is 8.33. The number of aryl methyl sites for hydroxylation is 2. The zero-order valence-electron chi connectivity index (χ0n) is 17.9. The van der Waals surface area contributed by atoms with Crippen LogP contribution >= 0.6 is 12.2 Å². The zero-order valence-corrected chi connectivity index (χ0v) is 18.8. The number of hydrogen-bond acceptors (Lipinski definition) is 3. The van der Waals surface area contributed by atoms with E-state index < -0.39 is 6.04 Å². The van der Waals surface area contributed by atoms with Crippen molar-refractivity contribution >= 4 is 28.9 Å². The van der Waals surface area contributed by atoms with Gasteiger partial charge in [0.05, 0.1) is 24.8 Å². The summed E-state index contributed by atoms with van der Waals surface area (Å²) in [6.45, 7) is 8.16. The van der Waals surface area contributed by atoms with Crippen molar-refractivity contribution in [2.45, 2.75) is 26.8 Å². The minimum absolute atomic E-state index is 0.0565. The Morgan fingerprint density at radius 2 is 1.74 bits per heavy atom. The van der Waals surface area contributed by atoms with Crippen LogP contribution in [0.15, 0.2) is 53.7 Å². The van der Waals surface area contributed by atoms with Crippen molar-refractivity contribution in [3.63, 3.8) is 0 Å². The van der Waals surface area contributed by atoms with Crippen LogP contribution in [0.3, 0.4) is 0 Å². The summed E-state index contributed by atoms with van der Waals surface area (Å²) < 4.78 is 19.0. The molecule has 2 aromatic carbocycles. The number of carbonyl (C=O) groups is 1. The third kappa shape index (κ3) is 4.20. The third-order valence-electron chi connectivity index (χ3n) is 5.97. The normalized spacial score (nSPS) is 19.5. The van der Waals surface area contributed by atoms with E-state index in [0.717, 1.165) is 22.5 Å². The molecule has 1 unspecified atom stereocenters. The van der Waals surface area contributed by atoms with Crippen LogP contribution in [0.1, 0.15) is 29.7 Å². The summed E-state index contributed by atoms with van der Waals surface area (Å²) in [5.41, 5.74) is 5.42. The first-order valence-electron chi connectivity index (χ1n) is 10.4. The predicted molar refractivity (Wildman–Crippen MR) is 123 cm³/mol.